The molecule has 0 amide bonds. The maximum Gasteiger partial charge on any atom is 0.250 e. The molecule has 9 heteroatoms. The SMILES string of the molecule is CCNC(=NCCNS(=O)(=O)c1cccs1)NCCc1cccc(Cl)c1. The minimum atomic E-state index is -3.44. The van der Waals surface area contributed by atoms with Crippen LogP contribution in [0.5, 0.6) is 0 Å². The van der Waals surface area contributed by atoms with Gasteiger partial charge in [-0.2, -0.15) is 0 Å². The number of benzene rings is 1. The molecule has 0 aliphatic carbocycles. The molecule has 0 atom stereocenters. The highest BCUT2D eigenvalue weighted by Gasteiger charge is 2.13. The van der Waals surface area contributed by atoms with E-state index in [1.54, 1.807) is 17.5 Å². The molecule has 0 spiro atoms. The van der Waals surface area contributed by atoms with E-state index in [1.165, 1.54) is 11.3 Å². The van der Waals surface area contributed by atoms with Crippen LogP contribution < -0.4 is 15.4 Å². The number of halogens is 1. The first-order valence-electron chi connectivity index (χ1n) is 8.31. The van der Waals surface area contributed by atoms with Crippen LogP contribution in [0.2, 0.25) is 5.02 Å². The monoisotopic (exact) mass is 414 g/mol. The van der Waals surface area contributed by atoms with Crippen molar-refractivity contribution in [1.82, 2.24) is 15.4 Å². The molecule has 0 radical (unpaired) electrons. The Labute approximate surface area is 163 Å². The molecule has 0 saturated carbocycles. The highest BCUT2D eigenvalue weighted by Crippen LogP contribution is 2.14. The van der Waals surface area contributed by atoms with Crippen LogP contribution in [0.3, 0.4) is 0 Å². The number of rotatable bonds is 9. The summed E-state index contributed by atoms with van der Waals surface area (Å²) in [5, 5.41) is 8.84. The summed E-state index contributed by atoms with van der Waals surface area (Å²) >= 11 is 7.17. The van der Waals surface area contributed by atoms with Crippen LogP contribution in [0, 0.1) is 0 Å². The van der Waals surface area contributed by atoms with E-state index in [2.05, 4.69) is 20.3 Å². The predicted molar refractivity (Wildman–Crippen MR) is 109 cm³/mol. The second-order valence-electron chi connectivity index (χ2n) is 5.40. The Morgan fingerprint density at radius 3 is 2.73 bits per heavy atom. The molecule has 0 aliphatic rings. The van der Waals surface area contributed by atoms with Gasteiger partial charge < -0.3 is 10.6 Å². The quantitative estimate of drug-likeness (QED) is 0.334. The Morgan fingerprint density at radius 1 is 1.19 bits per heavy atom. The summed E-state index contributed by atoms with van der Waals surface area (Å²) in [4.78, 5) is 4.39. The van der Waals surface area contributed by atoms with Crippen molar-refractivity contribution in [1.29, 1.82) is 0 Å². The molecule has 0 bridgehead atoms. The fraction of sp³-hybridized carbons (Fsp3) is 0.353. The maximum absolute atomic E-state index is 12.0. The lowest BCUT2D eigenvalue weighted by Gasteiger charge is -2.11. The third-order valence-corrected chi connectivity index (χ3v) is 6.47. The van der Waals surface area contributed by atoms with E-state index in [0.717, 1.165) is 23.6 Å². The topological polar surface area (TPSA) is 82.6 Å². The van der Waals surface area contributed by atoms with Crippen LogP contribution in [0.15, 0.2) is 51.0 Å². The summed E-state index contributed by atoms with van der Waals surface area (Å²) in [5.74, 6) is 0.657. The summed E-state index contributed by atoms with van der Waals surface area (Å²) < 4.78 is 26.9. The van der Waals surface area contributed by atoms with Crippen molar-refractivity contribution in [2.75, 3.05) is 26.2 Å². The van der Waals surface area contributed by atoms with E-state index < -0.39 is 10.0 Å². The summed E-state index contributed by atoms with van der Waals surface area (Å²) in [6.45, 7) is 3.99. The van der Waals surface area contributed by atoms with Gasteiger partial charge in [-0.15, -0.1) is 11.3 Å². The largest absolute Gasteiger partial charge is 0.357 e. The van der Waals surface area contributed by atoms with Gasteiger partial charge in [0.25, 0.3) is 0 Å². The highest BCUT2D eigenvalue weighted by molar-refractivity contribution is 7.91. The summed E-state index contributed by atoms with van der Waals surface area (Å²) in [7, 11) is -3.44. The van der Waals surface area contributed by atoms with Crippen LogP contribution in [-0.2, 0) is 16.4 Å². The average Bonchev–Trinajstić information content (AvgIpc) is 3.14. The number of nitrogens with zero attached hydrogens (tertiary/aromatic N) is 1. The molecule has 1 aromatic heterocycles. The van der Waals surface area contributed by atoms with Crippen LogP contribution in [-0.4, -0.2) is 40.6 Å². The van der Waals surface area contributed by atoms with E-state index in [4.69, 9.17) is 11.6 Å². The van der Waals surface area contributed by atoms with Gasteiger partial charge >= 0.3 is 0 Å². The Morgan fingerprint density at radius 2 is 2.04 bits per heavy atom. The molecule has 0 saturated heterocycles. The number of thiophene rings is 1. The van der Waals surface area contributed by atoms with Crippen molar-refractivity contribution in [2.45, 2.75) is 17.6 Å². The lowest BCUT2D eigenvalue weighted by atomic mass is 10.1. The Hall–Kier alpha value is -1.61. The van der Waals surface area contributed by atoms with Crippen LogP contribution in [0.4, 0.5) is 0 Å². The van der Waals surface area contributed by atoms with Crippen LogP contribution in [0.25, 0.3) is 0 Å². The number of nitrogens with one attached hydrogen (secondary N) is 3. The normalized spacial score (nSPS) is 12.2. The summed E-state index contributed by atoms with van der Waals surface area (Å²) in [6, 6.07) is 11.0. The van der Waals surface area contributed by atoms with Crippen molar-refractivity contribution in [3.8, 4) is 0 Å². The average molecular weight is 415 g/mol. The van der Waals surface area contributed by atoms with Crippen molar-refractivity contribution in [3.63, 3.8) is 0 Å². The van der Waals surface area contributed by atoms with Crippen molar-refractivity contribution >= 4 is 38.9 Å². The molecule has 142 valence electrons. The highest BCUT2D eigenvalue weighted by atomic mass is 35.5. The van der Waals surface area contributed by atoms with Gasteiger partial charge in [-0.05, 0) is 42.5 Å². The number of hydrogen-bond acceptors (Lipinski definition) is 4. The Bertz CT molecular complexity index is 808. The predicted octanol–water partition coefficient (Wildman–Crippen LogP) is 2.48. The molecular formula is C17H23ClN4O2S2. The van der Waals surface area contributed by atoms with Gasteiger partial charge in [0.2, 0.25) is 10.0 Å². The fourth-order valence-corrected chi connectivity index (χ4v) is 4.47. The van der Waals surface area contributed by atoms with E-state index in [0.29, 0.717) is 23.3 Å². The van der Waals surface area contributed by atoms with Gasteiger partial charge in [0.1, 0.15) is 4.21 Å². The molecule has 3 N–H and O–H groups in total. The van der Waals surface area contributed by atoms with E-state index in [9.17, 15) is 8.42 Å². The molecule has 26 heavy (non-hydrogen) atoms. The molecule has 2 aromatic rings. The third-order valence-electron chi connectivity index (χ3n) is 3.37. The first-order chi connectivity index (χ1) is 12.5. The Kier molecular flexibility index (Phi) is 8.37. The minimum absolute atomic E-state index is 0.241. The van der Waals surface area contributed by atoms with Gasteiger partial charge in [-0.25, -0.2) is 13.1 Å². The van der Waals surface area contributed by atoms with Gasteiger partial charge in [0, 0.05) is 24.7 Å². The zero-order chi connectivity index (χ0) is 18.8. The standard InChI is InChI=1S/C17H23ClN4O2S2/c1-2-19-17(20-9-8-14-5-3-6-15(18)13-14)21-10-11-22-26(23,24)16-7-4-12-25-16/h3-7,12-13,22H,2,8-11H2,1H3,(H2,19,20,21). The second-order valence-corrected chi connectivity index (χ2v) is 8.78. The first kappa shape index (κ1) is 20.7. The van der Waals surface area contributed by atoms with Crippen molar-refractivity contribution < 1.29 is 8.42 Å². The zero-order valence-corrected chi connectivity index (χ0v) is 16.9. The van der Waals surface area contributed by atoms with Crippen LogP contribution >= 0.6 is 22.9 Å². The van der Waals surface area contributed by atoms with Gasteiger partial charge in [-0.1, -0.05) is 29.8 Å². The second kappa shape index (κ2) is 10.5. The van der Waals surface area contributed by atoms with Gasteiger partial charge in [0.15, 0.2) is 5.96 Å². The smallest absolute Gasteiger partial charge is 0.250 e. The van der Waals surface area contributed by atoms with E-state index >= 15 is 0 Å². The molecule has 1 heterocycles. The number of aliphatic imine (C=N–C) groups is 1. The molecule has 0 aliphatic heterocycles. The number of hydrogen-bond donors (Lipinski definition) is 3. The van der Waals surface area contributed by atoms with Crippen molar-refractivity contribution in [3.05, 3.63) is 52.4 Å². The first-order valence-corrected chi connectivity index (χ1v) is 11.0. The molecule has 0 unspecified atom stereocenters. The molecule has 2 rings (SSSR count). The lowest BCUT2D eigenvalue weighted by Crippen LogP contribution is -2.39. The summed E-state index contributed by atoms with van der Waals surface area (Å²) in [5.41, 5.74) is 1.14. The number of guanidine groups is 1. The lowest BCUT2D eigenvalue weighted by molar-refractivity contribution is 0.584. The molecule has 1 aromatic carbocycles. The molecule has 0 fully saturated rings. The number of sulfonamides is 1. The maximum atomic E-state index is 12.0. The molecule has 6 nitrogen and oxygen atoms in total. The molecular weight excluding hydrogens is 392 g/mol. The summed E-state index contributed by atoms with van der Waals surface area (Å²) in [6.07, 6.45) is 0.815. The third kappa shape index (κ3) is 6.95. The van der Waals surface area contributed by atoms with Crippen molar-refractivity contribution in [2.24, 2.45) is 4.99 Å². The Balaban J connectivity index is 1.78. The zero-order valence-electron chi connectivity index (χ0n) is 14.5. The van der Waals surface area contributed by atoms with E-state index in [-0.39, 0.29) is 6.54 Å². The van der Waals surface area contributed by atoms with E-state index in [1.807, 2.05) is 31.2 Å². The van der Waals surface area contributed by atoms with Crippen LogP contribution in [0.1, 0.15) is 12.5 Å². The fourth-order valence-electron chi connectivity index (χ4n) is 2.19. The van der Waals surface area contributed by atoms with Gasteiger partial charge in [-0.3, -0.25) is 4.99 Å². The minimum Gasteiger partial charge on any atom is -0.357 e. The van der Waals surface area contributed by atoms with Gasteiger partial charge in [0.05, 0.1) is 6.54 Å².